The van der Waals surface area contributed by atoms with Gasteiger partial charge in [-0.1, -0.05) is 67.6 Å². The van der Waals surface area contributed by atoms with Crippen LogP contribution in [0.5, 0.6) is 0 Å². The summed E-state index contributed by atoms with van der Waals surface area (Å²) in [6.45, 7) is 7.33. The molecule has 3 aromatic carbocycles. The van der Waals surface area contributed by atoms with E-state index >= 15 is 0 Å². The molecule has 7 nitrogen and oxygen atoms in total. The second kappa shape index (κ2) is 12.0. The number of hydrogen-bond donors (Lipinski definition) is 2. The molecule has 3 aromatic rings. The van der Waals surface area contributed by atoms with Gasteiger partial charge in [-0.15, -0.1) is 6.58 Å². The molecule has 1 aliphatic heterocycles. The van der Waals surface area contributed by atoms with Gasteiger partial charge in [0, 0.05) is 30.3 Å². The molecule has 0 aliphatic carbocycles. The zero-order valence-electron chi connectivity index (χ0n) is 21.2. The summed E-state index contributed by atoms with van der Waals surface area (Å²) in [5.41, 5.74) is 2.97. The average Bonchev–Trinajstić information content (AvgIpc) is 2.90. The third-order valence-electron chi connectivity index (χ3n) is 6.52. The van der Waals surface area contributed by atoms with Crippen LogP contribution in [-0.4, -0.2) is 44.7 Å². The number of aliphatic hydroxyl groups is 1. The van der Waals surface area contributed by atoms with Gasteiger partial charge < -0.3 is 19.5 Å². The Kier molecular flexibility index (Phi) is 8.79. The number of nitrogens with zero attached hydrogens (tertiary/aromatic N) is 1. The molecule has 0 spiro atoms. The zero-order chi connectivity index (χ0) is 26.4. The lowest BCUT2D eigenvalue weighted by Crippen LogP contribution is -2.43. The van der Waals surface area contributed by atoms with Crippen LogP contribution in [0.15, 0.2) is 96.4 Å². The van der Waals surface area contributed by atoms with Crippen molar-refractivity contribution in [1.29, 1.82) is 0 Å². The fourth-order valence-corrected chi connectivity index (χ4v) is 5.56. The lowest BCUT2D eigenvalue weighted by molar-refractivity contribution is -0.275. The monoisotopic (exact) mass is 522 g/mol. The Bertz CT molecular complexity index is 1280. The molecule has 0 bridgehead atoms. The normalized spacial score (nSPS) is 22.1. The number of ether oxygens (including phenoxy) is 2. The number of rotatable bonds is 10. The molecule has 0 amide bonds. The van der Waals surface area contributed by atoms with Crippen LogP contribution in [0.4, 0.5) is 5.69 Å². The predicted molar refractivity (Wildman–Crippen MR) is 144 cm³/mol. The highest BCUT2D eigenvalue weighted by molar-refractivity contribution is 7.92. The van der Waals surface area contributed by atoms with Crippen LogP contribution in [0.25, 0.3) is 0 Å². The minimum atomic E-state index is -3.73. The van der Waals surface area contributed by atoms with Gasteiger partial charge in [-0.05, 0) is 42.4 Å². The minimum Gasteiger partial charge on any atom is -0.392 e. The van der Waals surface area contributed by atoms with Crippen molar-refractivity contribution in [2.45, 2.75) is 36.9 Å². The summed E-state index contributed by atoms with van der Waals surface area (Å²) in [6, 6.07) is 23.1. The maximum atomic E-state index is 12.9. The van der Waals surface area contributed by atoms with Crippen molar-refractivity contribution in [2.24, 2.45) is 5.92 Å². The standard InChI is InChI=1S/C29H34N2O5S/c1-4-17-31(3)19-27-21(2)28(23-15-13-22(20-32)14-16-23)36-29(35-27)24-9-8-10-25(18-24)30-37(33,34)26-11-6-5-7-12-26/h4-16,18,21,27-30,32H,1,17,19-20H2,2-3H3/t21-,27+,28+,29?/m0/s1. The van der Waals surface area contributed by atoms with E-state index in [0.717, 1.165) is 17.7 Å². The fourth-order valence-electron chi connectivity index (χ4n) is 4.49. The summed E-state index contributed by atoms with van der Waals surface area (Å²) in [5, 5.41) is 9.44. The lowest BCUT2D eigenvalue weighted by atomic mass is 9.90. The number of benzene rings is 3. The molecular formula is C29H34N2O5S. The first kappa shape index (κ1) is 27.0. The van der Waals surface area contributed by atoms with E-state index in [0.29, 0.717) is 17.8 Å². The summed E-state index contributed by atoms with van der Waals surface area (Å²) in [4.78, 5) is 2.34. The molecule has 1 aliphatic rings. The molecule has 196 valence electrons. The Morgan fingerprint density at radius 3 is 2.41 bits per heavy atom. The maximum absolute atomic E-state index is 12.9. The molecule has 37 heavy (non-hydrogen) atoms. The molecule has 2 N–H and O–H groups in total. The van der Waals surface area contributed by atoms with Crippen LogP contribution in [0.3, 0.4) is 0 Å². The summed E-state index contributed by atoms with van der Waals surface area (Å²) in [6.07, 6.45) is 0.769. The van der Waals surface area contributed by atoms with Crippen molar-refractivity contribution in [1.82, 2.24) is 4.90 Å². The highest BCUT2D eigenvalue weighted by atomic mass is 32.2. The van der Waals surface area contributed by atoms with Gasteiger partial charge in [0.15, 0.2) is 6.29 Å². The molecule has 4 atom stereocenters. The topological polar surface area (TPSA) is 88.1 Å². The first-order chi connectivity index (χ1) is 17.8. The summed E-state index contributed by atoms with van der Waals surface area (Å²) in [7, 11) is -1.71. The van der Waals surface area contributed by atoms with Gasteiger partial charge in [0.1, 0.15) is 0 Å². The number of nitrogens with one attached hydrogen (secondary N) is 1. The molecule has 4 rings (SSSR count). The van der Waals surface area contributed by atoms with Crippen LogP contribution >= 0.6 is 0 Å². The molecule has 1 unspecified atom stereocenters. The van der Waals surface area contributed by atoms with Crippen LogP contribution in [0.1, 0.15) is 36.0 Å². The number of anilines is 1. The van der Waals surface area contributed by atoms with Gasteiger partial charge in [-0.2, -0.15) is 0 Å². The van der Waals surface area contributed by atoms with E-state index in [9.17, 15) is 13.5 Å². The first-order valence-electron chi connectivity index (χ1n) is 12.3. The van der Waals surface area contributed by atoms with Gasteiger partial charge in [-0.25, -0.2) is 8.42 Å². The van der Waals surface area contributed by atoms with Crippen LogP contribution in [-0.2, 0) is 26.1 Å². The van der Waals surface area contributed by atoms with Crippen LogP contribution in [0.2, 0.25) is 0 Å². The van der Waals surface area contributed by atoms with Crippen molar-refractivity contribution < 1.29 is 23.0 Å². The van der Waals surface area contributed by atoms with E-state index in [4.69, 9.17) is 9.47 Å². The molecule has 1 heterocycles. The molecule has 1 fully saturated rings. The summed E-state index contributed by atoms with van der Waals surface area (Å²) >= 11 is 0. The van der Waals surface area contributed by atoms with Gasteiger partial charge in [-0.3, -0.25) is 4.72 Å². The Morgan fingerprint density at radius 1 is 1.00 bits per heavy atom. The Balaban J connectivity index is 1.61. The third-order valence-corrected chi connectivity index (χ3v) is 7.92. The molecular weight excluding hydrogens is 488 g/mol. The smallest absolute Gasteiger partial charge is 0.261 e. The molecule has 0 aromatic heterocycles. The van der Waals surface area contributed by atoms with Gasteiger partial charge >= 0.3 is 0 Å². The van der Waals surface area contributed by atoms with Crippen molar-refractivity contribution in [3.05, 3.63) is 108 Å². The summed E-state index contributed by atoms with van der Waals surface area (Å²) in [5.74, 6) is 0.0447. The molecule has 8 heteroatoms. The van der Waals surface area contributed by atoms with E-state index in [1.807, 2.05) is 43.5 Å². The third kappa shape index (κ3) is 6.66. The quantitative estimate of drug-likeness (QED) is 0.369. The highest BCUT2D eigenvalue weighted by Crippen LogP contribution is 2.42. The van der Waals surface area contributed by atoms with Crippen molar-refractivity contribution >= 4 is 15.7 Å². The predicted octanol–water partition coefficient (Wildman–Crippen LogP) is 4.89. The SMILES string of the molecule is C=CCN(C)C[C@H]1OC(c2cccc(NS(=O)(=O)c3ccccc3)c2)O[C@@H](c2ccc(CO)cc2)[C@H]1C. The largest absolute Gasteiger partial charge is 0.392 e. The molecule has 0 saturated carbocycles. The maximum Gasteiger partial charge on any atom is 0.261 e. The van der Waals surface area contributed by atoms with Crippen molar-refractivity contribution in [3.63, 3.8) is 0 Å². The van der Waals surface area contributed by atoms with Crippen molar-refractivity contribution in [3.8, 4) is 0 Å². The Morgan fingerprint density at radius 2 is 1.73 bits per heavy atom. The fraction of sp³-hybridized carbons (Fsp3) is 0.310. The van der Waals surface area contributed by atoms with Gasteiger partial charge in [0.25, 0.3) is 10.0 Å². The van der Waals surface area contributed by atoms with Gasteiger partial charge in [0.05, 0.1) is 23.7 Å². The number of sulfonamides is 1. The number of likely N-dealkylation sites (N-methyl/N-ethyl adjacent to an activating group) is 1. The van der Waals surface area contributed by atoms with Crippen molar-refractivity contribution in [2.75, 3.05) is 24.9 Å². The van der Waals surface area contributed by atoms with Gasteiger partial charge in [0.2, 0.25) is 0 Å². The molecule has 0 radical (unpaired) electrons. The minimum absolute atomic E-state index is 0.0201. The highest BCUT2D eigenvalue weighted by Gasteiger charge is 2.38. The Hall–Kier alpha value is -3.01. The van der Waals surface area contributed by atoms with E-state index in [1.54, 1.807) is 48.5 Å². The van der Waals surface area contributed by atoms with E-state index in [2.05, 4.69) is 23.1 Å². The van der Waals surface area contributed by atoms with E-state index < -0.39 is 16.3 Å². The second-order valence-corrected chi connectivity index (χ2v) is 11.1. The average molecular weight is 523 g/mol. The second-order valence-electron chi connectivity index (χ2n) is 9.38. The van der Waals surface area contributed by atoms with E-state index in [1.165, 1.54) is 0 Å². The first-order valence-corrected chi connectivity index (χ1v) is 13.8. The Labute approximate surface area is 219 Å². The molecule has 1 saturated heterocycles. The number of aliphatic hydroxyl groups excluding tert-OH is 1. The lowest BCUT2D eigenvalue weighted by Gasteiger charge is -2.42. The summed E-state index contributed by atoms with van der Waals surface area (Å²) < 4.78 is 41.3. The zero-order valence-corrected chi connectivity index (χ0v) is 22.0. The van der Waals surface area contributed by atoms with Crippen LogP contribution in [0, 0.1) is 5.92 Å². The number of hydrogen-bond acceptors (Lipinski definition) is 6. The van der Waals surface area contributed by atoms with Crippen LogP contribution < -0.4 is 4.72 Å². The van der Waals surface area contributed by atoms with E-state index in [-0.39, 0.29) is 29.6 Å².